The molecule has 3 rings (SSSR count). The van der Waals surface area contributed by atoms with Gasteiger partial charge in [-0.05, 0) is 12.1 Å². The van der Waals surface area contributed by atoms with Crippen LogP contribution in [-0.2, 0) is 0 Å². The molecule has 0 aliphatic rings. The van der Waals surface area contributed by atoms with Crippen LogP contribution in [0.1, 0.15) is 0 Å². The summed E-state index contributed by atoms with van der Waals surface area (Å²) in [6, 6.07) is 9.45. The second-order valence-electron chi connectivity index (χ2n) is 5.20. The third kappa shape index (κ3) is 2.80. The summed E-state index contributed by atoms with van der Waals surface area (Å²) in [5, 5.41) is 3.65. The molecular weight excluding hydrogens is 310 g/mol. The van der Waals surface area contributed by atoms with Crippen molar-refractivity contribution < 1.29 is 13.5 Å². The molecule has 1 heterocycles. The standard InChI is InChI=1S/C19H16F2N2O/c1-3-8-22-19-18-14(9-12(20)10-16(18)21)15(11-23-19)13-6-4-5-7-17(13)24-2/h3-7,9-11H,1,8H2,2H3,(H,22,23). The summed E-state index contributed by atoms with van der Waals surface area (Å²) in [5.41, 5.74) is 1.32. The molecule has 2 aromatic carbocycles. The lowest BCUT2D eigenvalue weighted by molar-refractivity contribution is 0.416. The fourth-order valence-electron chi connectivity index (χ4n) is 2.67. The maximum absolute atomic E-state index is 14.4. The van der Waals surface area contributed by atoms with Crippen molar-refractivity contribution in [2.45, 2.75) is 0 Å². The fourth-order valence-corrected chi connectivity index (χ4v) is 2.67. The minimum Gasteiger partial charge on any atom is -0.496 e. The minimum absolute atomic E-state index is 0.238. The third-order valence-corrected chi connectivity index (χ3v) is 3.72. The lowest BCUT2D eigenvalue weighted by Gasteiger charge is -2.14. The summed E-state index contributed by atoms with van der Waals surface area (Å²) in [7, 11) is 1.55. The number of pyridine rings is 1. The molecule has 0 bridgehead atoms. The zero-order valence-corrected chi connectivity index (χ0v) is 13.1. The van der Waals surface area contributed by atoms with Crippen molar-refractivity contribution in [3.63, 3.8) is 0 Å². The van der Waals surface area contributed by atoms with Crippen LogP contribution in [0.3, 0.4) is 0 Å². The quantitative estimate of drug-likeness (QED) is 0.685. The van der Waals surface area contributed by atoms with Gasteiger partial charge in [-0.1, -0.05) is 24.3 Å². The fraction of sp³-hybridized carbons (Fsp3) is 0.105. The van der Waals surface area contributed by atoms with E-state index in [0.717, 1.165) is 11.6 Å². The zero-order chi connectivity index (χ0) is 17.1. The summed E-state index contributed by atoms with van der Waals surface area (Å²) >= 11 is 0. The van der Waals surface area contributed by atoms with E-state index in [1.165, 1.54) is 6.07 Å². The number of hydrogen-bond donors (Lipinski definition) is 1. The first-order valence-electron chi connectivity index (χ1n) is 7.41. The Hall–Kier alpha value is -2.95. The Bertz CT molecular complexity index is 909. The van der Waals surface area contributed by atoms with Crippen LogP contribution in [0.5, 0.6) is 5.75 Å². The minimum atomic E-state index is -0.666. The van der Waals surface area contributed by atoms with Gasteiger partial charge in [0, 0.05) is 35.3 Å². The summed E-state index contributed by atoms with van der Waals surface area (Å²) in [6.45, 7) is 4.04. The molecule has 0 unspecified atom stereocenters. The van der Waals surface area contributed by atoms with Gasteiger partial charge in [-0.2, -0.15) is 0 Å². The summed E-state index contributed by atoms with van der Waals surface area (Å²) in [4.78, 5) is 4.31. The average Bonchev–Trinajstić information content (AvgIpc) is 2.59. The van der Waals surface area contributed by atoms with Gasteiger partial charge >= 0.3 is 0 Å². The predicted molar refractivity (Wildman–Crippen MR) is 92.3 cm³/mol. The van der Waals surface area contributed by atoms with Crippen molar-refractivity contribution in [3.8, 4) is 16.9 Å². The highest BCUT2D eigenvalue weighted by atomic mass is 19.1. The van der Waals surface area contributed by atoms with E-state index in [1.807, 2.05) is 18.2 Å². The monoisotopic (exact) mass is 326 g/mol. The van der Waals surface area contributed by atoms with Gasteiger partial charge in [0.05, 0.1) is 12.5 Å². The van der Waals surface area contributed by atoms with Gasteiger partial charge in [0.1, 0.15) is 23.2 Å². The summed E-state index contributed by atoms with van der Waals surface area (Å²) in [5.74, 6) is -0.351. The number of ether oxygens (including phenoxy) is 1. The molecule has 24 heavy (non-hydrogen) atoms. The number of nitrogens with one attached hydrogen (secondary N) is 1. The number of benzene rings is 2. The molecule has 1 N–H and O–H groups in total. The van der Waals surface area contributed by atoms with Crippen LogP contribution in [0.25, 0.3) is 21.9 Å². The van der Waals surface area contributed by atoms with Crippen LogP contribution in [0, 0.1) is 11.6 Å². The molecule has 0 aliphatic heterocycles. The first-order valence-corrected chi connectivity index (χ1v) is 7.41. The van der Waals surface area contributed by atoms with E-state index >= 15 is 0 Å². The number of nitrogens with zero attached hydrogens (tertiary/aromatic N) is 1. The second kappa shape index (κ2) is 6.66. The zero-order valence-electron chi connectivity index (χ0n) is 13.1. The van der Waals surface area contributed by atoms with E-state index in [0.29, 0.717) is 29.1 Å². The topological polar surface area (TPSA) is 34.2 Å². The molecular formula is C19H16F2N2O. The molecule has 1 aromatic heterocycles. The van der Waals surface area contributed by atoms with Gasteiger partial charge in [-0.3, -0.25) is 0 Å². The number of fused-ring (bicyclic) bond motifs is 1. The highest BCUT2D eigenvalue weighted by Gasteiger charge is 2.16. The number of methoxy groups -OCH3 is 1. The number of rotatable bonds is 5. The van der Waals surface area contributed by atoms with E-state index in [9.17, 15) is 8.78 Å². The van der Waals surface area contributed by atoms with E-state index in [1.54, 1.807) is 25.4 Å². The van der Waals surface area contributed by atoms with Crippen molar-refractivity contribution in [2.75, 3.05) is 19.0 Å². The molecule has 0 radical (unpaired) electrons. The summed E-state index contributed by atoms with van der Waals surface area (Å²) in [6.07, 6.45) is 3.23. The van der Waals surface area contributed by atoms with Crippen molar-refractivity contribution in [1.29, 1.82) is 0 Å². The molecule has 3 nitrogen and oxygen atoms in total. The average molecular weight is 326 g/mol. The highest BCUT2D eigenvalue weighted by molar-refractivity contribution is 6.03. The molecule has 0 aliphatic carbocycles. The predicted octanol–water partition coefficient (Wildman–Crippen LogP) is 4.79. The largest absolute Gasteiger partial charge is 0.496 e. The molecule has 0 amide bonds. The van der Waals surface area contributed by atoms with Crippen LogP contribution in [0.15, 0.2) is 55.3 Å². The molecule has 0 spiro atoms. The normalized spacial score (nSPS) is 10.6. The third-order valence-electron chi connectivity index (χ3n) is 3.72. The number of para-hydroxylation sites is 1. The van der Waals surface area contributed by atoms with Crippen LogP contribution in [0.4, 0.5) is 14.6 Å². The number of hydrogen-bond acceptors (Lipinski definition) is 3. The van der Waals surface area contributed by atoms with Crippen molar-refractivity contribution in [2.24, 2.45) is 0 Å². The van der Waals surface area contributed by atoms with Crippen LogP contribution in [-0.4, -0.2) is 18.6 Å². The number of aromatic nitrogens is 1. The number of halogens is 2. The summed E-state index contributed by atoms with van der Waals surface area (Å²) < 4.78 is 33.6. The van der Waals surface area contributed by atoms with E-state index < -0.39 is 11.6 Å². The van der Waals surface area contributed by atoms with E-state index in [-0.39, 0.29) is 5.39 Å². The molecule has 0 fully saturated rings. The maximum atomic E-state index is 14.4. The first kappa shape index (κ1) is 15.9. The molecule has 0 atom stereocenters. The Labute approximate surface area is 138 Å². The maximum Gasteiger partial charge on any atom is 0.137 e. The molecule has 3 aromatic rings. The van der Waals surface area contributed by atoms with Gasteiger partial charge in [0.15, 0.2) is 0 Å². The van der Waals surface area contributed by atoms with Crippen molar-refractivity contribution in [3.05, 3.63) is 66.9 Å². The van der Waals surface area contributed by atoms with Gasteiger partial charge in [0.2, 0.25) is 0 Å². The van der Waals surface area contributed by atoms with E-state index in [2.05, 4.69) is 16.9 Å². The Morgan fingerprint density at radius 1 is 1.21 bits per heavy atom. The molecule has 0 saturated carbocycles. The molecule has 0 saturated heterocycles. The van der Waals surface area contributed by atoms with Gasteiger partial charge < -0.3 is 10.1 Å². The molecule has 122 valence electrons. The Morgan fingerprint density at radius 2 is 2.00 bits per heavy atom. The van der Waals surface area contributed by atoms with Gasteiger partial charge in [-0.15, -0.1) is 6.58 Å². The molecule has 5 heteroatoms. The van der Waals surface area contributed by atoms with Crippen LogP contribution in [0.2, 0.25) is 0 Å². The van der Waals surface area contributed by atoms with E-state index in [4.69, 9.17) is 4.74 Å². The second-order valence-corrected chi connectivity index (χ2v) is 5.20. The van der Waals surface area contributed by atoms with Crippen LogP contribution < -0.4 is 10.1 Å². The lowest BCUT2D eigenvalue weighted by atomic mass is 9.99. The SMILES string of the molecule is C=CCNc1ncc(-c2ccccc2OC)c2cc(F)cc(F)c12. The smallest absolute Gasteiger partial charge is 0.137 e. The number of anilines is 1. The van der Waals surface area contributed by atoms with Gasteiger partial charge in [0.25, 0.3) is 0 Å². The van der Waals surface area contributed by atoms with Crippen molar-refractivity contribution in [1.82, 2.24) is 4.98 Å². The van der Waals surface area contributed by atoms with Crippen LogP contribution >= 0.6 is 0 Å². The first-order chi connectivity index (χ1) is 11.7. The van der Waals surface area contributed by atoms with Crippen molar-refractivity contribution >= 4 is 16.6 Å². The Balaban J connectivity index is 2.32. The Kier molecular flexibility index (Phi) is 4.42. The van der Waals surface area contributed by atoms with Gasteiger partial charge in [-0.25, -0.2) is 13.8 Å². The lowest BCUT2D eigenvalue weighted by Crippen LogP contribution is -2.03. The Morgan fingerprint density at radius 3 is 2.75 bits per heavy atom. The highest BCUT2D eigenvalue weighted by Crippen LogP contribution is 2.37.